The largest absolute Gasteiger partial charge is 0.508 e. The molecule has 0 spiro atoms. The van der Waals surface area contributed by atoms with Crippen LogP contribution in [0.2, 0.25) is 0 Å². The molecule has 0 radical (unpaired) electrons. The molecule has 330 valence electrons. The first-order valence-corrected chi connectivity index (χ1v) is 23.7. The summed E-state index contributed by atoms with van der Waals surface area (Å²) >= 11 is 0. The molecule has 2 heteroatoms. The molecule has 0 fully saturated rings. The van der Waals surface area contributed by atoms with Gasteiger partial charge in [-0.3, -0.25) is 0 Å². The molecule has 2 N–H and O–H groups in total. The molecule has 0 saturated carbocycles. The van der Waals surface area contributed by atoms with Gasteiger partial charge in [-0.1, -0.05) is 211 Å². The molecular weight excluding hydrogens is 729 g/mol. The van der Waals surface area contributed by atoms with Crippen molar-refractivity contribution in [3.63, 3.8) is 0 Å². The Balaban J connectivity index is 2.14. The molecule has 0 aromatic heterocycles. The molecule has 0 saturated heterocycles. The van der Waals surface area contributed by atoms with Crippen molar-refractivity contribution < 1.29 is 10.2 Å². The Labute approximate surface area is 369 Å². The highest BCUT2D eigenvalue weighted by molar-refractivity contribution is 5.94. The van der Waals surface area contributed by atoms with Crippen molar-refractivity contribution in [2.45, 2.75) is 222 Å². The summed E-state index contributed by atoms with van der Waals surface area (Å²) in [5.74, 6) is 0.568. The number of aryl methyl sites for hydroxylation is 2. The van der Waals surface area contributed by atoms with E-state index in [2.05, 4.69) is 148 Å². The molecule has 4 aromatic carbocycles. The fraction of sp³-hybridized carbons (Fsp3) is 0.586. The summed E-state index contributed by atoms with van der Waals surface area (Å²) in [6, 6.07) is 19.6. The molecule has 0 unspecified atom stereocenters. The van der Waals surface area contributed by atoms with E-state index in [9.17, 15) is 10.2 Å². The van der Waals surface area contributed by atoms with Crippen LogP contribution < -0.4 is 0 Å². The van der Waals surface area contributed by atoms with E-state index in [1.807, 2.05) is 18.2 Å². The van der Waals surface area contributed by atoms with Gasteiger partial charge in [0.25, 0.3) is 0 Å². The number of aromatic hydroxyl groups is 2. The smallest absolute Gasteiger partial charge is 0.120 e. The molecule has 0 aliphatic rings. The first-order valence-electron chi connectivity index (χ1n) is 23.7. The molecule has 60 heavy (non-hydrogen) atoms. The lowest BCUT2D eigenvalue weighted by atomic mass is 9.68. The number of benzene rings is 4. The Hall–Kier alpha value is -3.52. The Morgan fingerprint density at radius 2 is 0.867 bits per heavy atom. The van der Waals surface area contributed by atoms with Crippen molar-refractivity contribution >= 4 is 0 Å². The molecule has 0 aliphatic carbocycles. The predicted molar refractivity (Wildman–Crippen MR) is 264 cm³/mol. The predicted octanol–water partition coefficient (Wildman–Crippen LogP) is 17.4. The van der Waals surface area contributed by atoms with Crippen LogP contribution in [-0.2, 0) is 33.5 Å². The Bertz CT molecular complexity index is 2060. The van der Waals surface area contributed by atoms with Crippen molar-refractivity contribution in [1.29, 1.82) is 0 Å². The first-order chi connectivity index (χ1) is 27.7. The van der Waals surface area contributed by atoms with E-state index in [-0.39, 0.29) is 27.4 Å². The second-order valence-corrected chi connectivity index (χ2v) is 23.0. The Morgan fingerprint density at radius 3 is 1.32 bits per heavy atom. The molecular formula is C58H86O2. The van der Waals surface area contributed by atoms with Crippen LogP contribution in [0.1, 0.15) is 225 Å². The second-order valence-electron chi connectivity index (χ2n) is 23.0. The highest BCUT2D eigenvalue weighted by Gasteiger charge is 2.37. The van der Waals surface area contributed by atoms with Gasteiger partial charge in [-0.15, -0.1) is 0 Å². The van der Waals surface area contributed by atoms with E-state index < -0.39 is 5.41 Å². The highest BCUT2D eigenvalue weighted by Crippen LogP contribution is 2.53. The van der Waals surface area contributed by atoms with Gasteiger partial charge >= 0.3 is 0 Å². The lowest BCUT2D eigenvalue weighted by Crippen LogP contribution is -2.24. The fourth-order valence-corrected chi connectivity index (χ4v) is 9.57. The van der Waals surface area contributed by atoms with E-state index in [1.165, 1.54) is 113 Å². The minimum absolute atomic E-state index is 0.0151. The van der Waals surface area contributed by atoms with E-state index in [0.717, 1.165) is 36.0 Å². The van der Waals surface area contributed by atoms with Crippen LogP contribution in [0.3, 0.4) is 0 Å². The van der Waals surface area contributed by atoms with Gasteiger partial charge in [0.2, 0.25) is 0 Å². The highest BCUT2D eigenvalue weighted by atomic mass is 16.3. The summed E-state index contributed by atoms with van der Waals surface area (Å²) in [7, 11) is 0. The minimum atomic E-state index is -0.686. The molecule has 0 amide bonds. The molecule has 0 atom stereocenters. The van der Waals surface area contributed by atoms with Gasteiger partial charge in [0.15, 0.2) is 0 Å². The monoisotopic (exact) mass is 815 g/mol. The van der Waals surface area contributed by atoms with E-state index in [4.69, 9.17) is 0 Å². The van der Waals surface area contributed by atoms with E-state index in [0.29, 0.717) is 5.75 Å². The third-order valence-corrected chi connectivity index (χ3v) is 13.2. The number of phenolic OH excluding ortho intramolecular Hbond substituents is 2. The molecule has 0 aliphatic heterocycles. The second kappa shape index (κ2) is 19.3. The summed E-state index contributed by atoms with van der Waals surface area (Å²) in [6.45, 7) is 39.2. The molecule has 4 aromatic rings. The van der Waals surface area contributed by atoms with Crippen molar-refractivity contribution in [2.75, 3.05) is 0 Å². The quantitative estimate of drug-likeness (QED) is 0.111. The molecule has 0 bridgehead atoms. The minimum Gasteiger partial charge on any atom is -0.508 e. The lowest BCUT2D eigenvalue weighted by Gasteiger charge is -2.36. The Kier molecular flexibility index (Phi) is 15.8. The number of phenols is 2. The van der Waals surface area contributed by atoms with Gasteiger partial charge in [-0.05, 0) is 122 Å². The molecule has 0 heterocycles. The van der Waals surface area contributed by atoms with Gasteiger partial charge in [-0.2, -0.15) is 0 Å². The van der Waals surface area contributed by atoms with Crippen molar-refractivity contribution in [2.24, 2.45) is 0 Å². The van der Waals surface area contributed by atoms with E-state index in [1.54, 1.807) is 6.07 Å². The normalized spacial score (nSPS) is 13.0. The van der Waals surface area contributed by atoms with Gasteiger partial charge in [0, 0.05) is 16.5 Å². The van der Waals surface area contributed by atoms with Crippen LogP contribution >= 0.6 is 0 Å². The number of hydrogen-bond acceptors (Lipinski definition) is 2. The summed E-state index contributed by atoms with van der Waals surface area (Å²) in [5.41, 5.74) is 14.7. The maximum atomic E-state index is 12.8. The topological polar surface area (TPSA) is 40.5 Å². The summed E-state index contributed by atoms with van der Waals surface area (Å²) in [6.07, 6.45) is 14.9. The Morgan fingerprint density at radius 1 is 0.433 bits per heavy atom. The fourth-order valence-electron chi connectivity index (χ4n) is 9.57. The third kappa shape index (κ3) is 11.5. The summed E-state index contributed by atoms with van der Waals surface area (Å²) in [4.78, 5) is 0. The summed E-state index contributed by atoms with van der Waals surface area (Å²) in [5, 5.41) is 24.3. The first kappa shape index (κ1) is 49.1. The van der Waals surface area contributed by atoms with Crippen LogP contribution in [0.5, 0.6) is 11.5 Å². The standard InChI is InChI=1S/C58H86O2/c1-18-19-20-21-22-23-24-25-26-27-28-31-43-52(51-40(3)35-42(55(7,8)9)37-47(51)57(13,14)15)44(38-49(60)53(43)58(16,17)45-32-29-30-33-48(45)59)50-39(2)34-41(54(4,5)6)36-46(50)56(10,11)12/h29-30,32-38,59-60H,18-28,31H2,1-17H3. The zero-order valence-electron chi connectivity index (χ0n) is 41.6. The molecule has 2 nitrogen and oxygen atoms in total. The van der Waals surface area contributed by atoms with E-state index >= 15 is 0 Å². The van der Waals surface area contributed by atoms with Crippen LogP contribution in [0.4, 0.5) is 0 Å². The average Bonchev–Trinajstić information content (AvgIpc) is 3.11. The third-order valence-electron chi connectivity index (χ3n) is 13.2. The van der Waals surface area contributed by atoms with Gasteiger partial charge in [0.1, 0.15) is 11.5 Å². The zero-order chi connectivity index (χ0) is 45.0. The van der Waals surface area contributed by atoms with Crippen molar-refractivity contribution in [3.05, 3.63) is 105 Å². The van der Waals surface area contributed by atoms with Crippen LogP contribution in [0, 0.1) is 13.8 Å². The number of unbranched alkanes of at least 4 members (excludes halogenated alkanes) is 10. The maximum Gasteiger partial charge on any atom is 0.120 e. The van der Waals surface area contributed by atoms with Crippen LogP contribution in [0.15, 0.2) is 54.6 Å². The van der Waals surface area contributed by atoms with Crippen LogP contribution in [0.25, 0.3) is 22.3 Å². The number of rotatable bonds is 16. The lowest BCUT2D eigenvalue weighted by molar-refractivity contribution is 0.433. The molecule has 4 rings (SSSR count). The van der Waals surface area contributed by atoms with Gasteiger partial charge in [-0.25, -0.2) is 0 Å². The SMILES string of the molecule is CCCCCCCCCCCCCc1c(-c2c(C)cc(C(C)(C)C)cc2C(C)(C)C)c(-c2c(C)cc(C(C)(C)C)cc2C(C)(C)C)cc(O)c1C(C)(C)c1ccccc1O. The summed E-state index contributed by atoms with van der Waals surface area (Å²) < 4.78 is 0. The maximum absolute atomic E-state index is 12.8. The van der Waals surface area contributed by atoms with Crippen LogP contribution in [-0.4, -0.2) is 10.2 Å². The average molecular weight is 815 g/mol. The number of para-hydroxylation sites is 1. The van der Waals surface area contributed by atoms with Crippen molar-refractivity contribution in [3.8, 4) is 33.8 Å². The number of hydrogen-bond donors (Lipinski definition) is 2. The van der Waals surface area contributed by atoms with Gasteiger partial charge < -0.3 is 10.2 Å². The van der Waals surface area contributed by atoms with Crippen molar-refractivity contribution in [1.82, 2.24) is 0 Å². The zero-order valence-corrected chi connectivity index (χ0v) is 41.6. The van der Waals surface area contributed by atoms with Gasteiger partial charge in [0.05, 0.1) is 0 Å².